The van der Waals surface area contributed by atoms with Crippen LogP contribution in [0.1, 0.15) is 57.9 Å². The second-order valence-electron chi connectivity index (χ2n) is 6.87. The van der Waals surface area contributed by atoms with Crippen molar-refractivity contribution in [3.8, 4) is 0 Å². The summed E-state index contributed by atoms with van der Waals surface area (Å²) in [6.45, 7) is 3.86. The van der Waals surface area contributed by atoms with Crippen LogP contribution in [0.2, 0.25) is 0 Å². The van der Waals surface area contributed by atoms with Crippen LogP contribution in [-0.4, -0.2) is 16.1 Å². The highest BCUT2D eigenvalue weighted by Crippen LogP contribution is 2.29. The fraction of sp³-hybridized carbons (Fsp3) is 0.381. The first-order valence-corrected chi connectivity index (χ1v) is 9.14. The van der Waals surface area contributed by atoms with E-state index in [1.54, 1.807) is 0 Å². The molecule has 0 bridgehead atoms. The van der Waals surface area contributed by atoms with Gasteiger partial charge in [-0.05, 0) is 51.2 Å². The number of nitrogens with zero attached hydrogens (tertiary/aromatic N) is 2. The van der Waals surface area contributed by atoms with Crippen molar-refractivity contribution in [1.82, 2.24) is 10.1 Å². The zero-order valence-electron chi connectivity index (χ0n) is 15.2. The molecule has 0 fully saturated rings. The van der Waals surface area contributed by atoms with E-state index >= 15 is 0 Å². The fourth-order valence-electron chi connectivity index (χ4n) is 3.70. The molecule has 2 aromatic heterocycles. The lowest BCUT2D eigenvalue weighted by molar-refractivity contribution is 0.0471. The molecule has 0 saturated carbocycles. The number of aromatic nitrogens is 2. The van der Waals surface area contributed by atoms with E-state index in [1.807, 2.05) is 38.1 Å². The zero-order chi connectivity index (χ0) is 18.1. The molecule has 1 aliphatic rings. The van der Waals surface area contributed by atoms with Crippen molar-refractivity contribution in [3.05, 3.63) is 58.1 Å². The molecule has 0 N–H and O–H groups in total. The number of para-hydroxylation sites is 1. The highest BCUT2D eigenvalue weighted by molar-refractivity contribution is 6.05. The maximum Gasteiger partial charge on any atom is 0.339 e. The van der Waals surface area contributed by atoms with Gasteiger partial charge >= 0.3 is 5.97 Å². The van der Waals surface area contributed by atoms with Crippen LogP contribution in [0.25, 0.3) is 10.9 Å². The van der Waals surface area contributed by atoms with Crippen molar-refractivity contribution in [1.29, 1.82) is 0 Å². The third-order valence-electron chi connectivity index (χ3n) is 5.15. The van der Waals surface area contributed by atoms with E-state index in [2.05, 4.69) is 5.16 Å². The Kier molecular flexibility index (Phi) is 4.45. The number of ether oxygens (including phenoxy) is 1. The number of hydrogen-bond acceptors (Lipinski definition) is 5. The standard InChI is InChI=1S/C21H22N2O3/c1-13-17(14(2)26-23-13)12-25-21(24)20-15-8-4-3-5-10-18(15)22-19-11-7-6-9-16(19)20/h6-7,9,11H,3-5,8,10,12H2,1-2H3. The van der Waals surface area contributed by atoms with Gasteiger partial charge in [-0.2, -0.15) is 0 Å². The molecule has 2 heterocycles. The van der Waals surface area contributed by atoms with E-state index in [0.717, 1.165) is 59.1 Å². The van der Waals surface area contributed by atoms with E-state index in [4.69, 9.17) is 14.2 Å². The molecule has 5 nitrogen and oxygen atoms in total. The number of fused-ring (bicyclic) bond motifs is 2. The molecule has 1 aromatic carbocycles. The van der Waals surface area contributed by atoms with Gasteiger partial charge in [0.15, 0.2) is 0 Å². The Labute approximate surface area is 152 Å². The number of esters is 1. The van der Waals surface area contributed by atoms with Crippen LogP contribution in [0.4, 0.5) is 0 Å². The minimum absolute atomic E-state index is 0.172. The smallest absolute Gasteiger partial charge is 0.339 e. The monoisotopic (exact) mass is 350 g/mol. The Bertz CT molecular complexity index is 955. The van der Waals surface area contributed by atoms with Crippen molar-refractivity contribution in [2.45, 2.75) is 52.6 Å². The number of rotatable bonds is 3. The Morgan fingerprint density at radius 3 is 2.77 bits per heavy atom. The van der Waals surface area contributed by atoms with E-state index in [9.17, 15) is 4.79 Å². The molecule has 1 aliphatic carbocycles. The van der Waals surface area contributed by atoms with Crippen LogP contribution in [0, 0.1) is 13.8 Å². The van der Waals surface area contributed by atoms with Crippen LogP contribution in [0.15, 0.2) is 28.8 Å². The van der Waals surface area contributed by atoms with Crippen LogP contribution in [0.5, 0.6) is 0 Å². The molecule has 4 rings (SSSR count). The molecule has 0 atom stereocenters. The first-order valence-electron chi connectivity index (χ1n) is 9.14. The summed E-state index contributed by atoms with van der Waals surface area (Å²) in [6.07, 6.45) is 5.16. The van der Waals surface area contributed by atoms with Gasteiger partial charge < -0.3 is 9.26 Å². The first kappa shape index (κ1) is 16.8. The quantitative estimate of drug-likeness (QED) is 0.515. The molecule has 0 amide bonds. The van der Waals surface area contributed by atoms with Gasteiger partial charge in [0.05, 0.1) is 22.3 Å². The fourth-order valence-corrected chi connectivity index (χ4v) is 3.70. The molecule has 26 heavy (non-hydrogen) atoms. The number of hydrogen-bond donors (Lipinski definition) is 0. The molecule has 3 aromatic rings. The average Bonchev–Trinajstić information content (AvgIpc) is 2.83. The molecule has 5 heteroatoms. The Morgan fingerprint density at radius 2 is 1.96 bits per heavy atom. The molecule has 0 saturated heterocycles. The number of pyridine rings is 1. The van der Waals surface area contributed by atoms with Crippen molar-refractivity contribution in [2.24, 2.45) is 0 Å². The lowest BCUT2D eigenvalue weighted by Gasteiger charge is -2.15. The van der Waals surface area contributed by atoms with Gasteiger partial charge in [-0.1, -0.05) is 29.8 Å². The number of aryl methyl sites for hydroxylation is 3. The molecule has 0 aliphatic heterocycles. The zero-order valence-corrected chi connectivity index (χ0v) is 15.2. The van der Waals surface area contributed by atoms with E-state index in [-0.39, 0.29) is 12.6 Å². The van der Waals surface area contributed by atoms with Crippen LogP contribution < -0.4 is 0 Å². The topological polar surface area (TPSA) is 65.2 Å². The van der Waals surface area contributed by atoms with Crippen LogP contribution >= 0.6 is 0 Å². The summed E-state index contributed by atoms with van der Waals surface area (Å²) < 4.78 is 10.8. The summed E-state index contributed by atoms with van der Waals surface area (Å²) in [4.78, 5) is 17.9. The van der Waals surface area contributed by atoms with Crippen molar-refractivity contribution in [3.63, 3.8) is 0 Å². The van der Waals surface area contributed by atoms with Gasteiger partial charge in [-0.3, -0.25) is 4.98 Å². The van der Waals surface area contributed by atoms with Gasteiger partial charge in [0.1, 0.15) is 12.4 Å². The normalized spacial score (nSPS) is 14.1. The van der Waals surface area contributed by atoms with E-state index in [1.165, 1.54) is 6.42 Å². The van der Waals surface area contributed by atoms with E-state index < -0.39 is 0 Å². The summed E-state index contributed by atoms with van der Waals surface area (Å²) in [5.74, 6) is 0.399. The molecule has 0 spiro atoms. The predicted octanol–water partition coefficient (Wildman–Crippen LogP) is 4.47. The summed E-state index contributed by atoms with van der Waals surface area (Å²) in [6, 6.07) is 7.82. The lowest BCUT2D eigenvalue weighted by Crippen LogP contribution is -2.13. The SMILES string of the molecule is Cc1noc(C)c1COC(=O)c1c2c(nc3ccccc13)CCCCC2. The average molecular weight is 350 g/mol. The largest absolute Gasteiger partial charge is 0.457 e. The van der Waals surface area contributed by atoms with Gasteiger partial charge in [0.25, 0.3) is 0 Å². The molecular weight excluding hydrogens is 328 g/mol. The summed E-state index contributed by atoms with van der Waals surface area (Å²) >= 11 is 0. The van der Waals surface area contributed by atoms with Gasteiger partial charge in [-0.25, -0.2) is 4.79 Å². The minimum atomic E-state index is -0.290. The Balaban J connectivity index is 1.74. The third kappa shape index (κ3) is 2.98. The summed E-state index contributed by atoms with van der Waals surface area (Å²) in [5, 5.41) is 4.80. The second-order valence-corrected chi connectivity index (χ2v) is 6.87. The van der Waals surface area contributed by atoms with Crippen LogP contribution in [0.3, 0.4) is 0 Å². The van der Waals surface area contributed by atoms with Gasteiger partial charge in [0.2, 0.25) is 0 Å². The van der Waals surface area contributed by atoms with Gasteiger partial charge in [-0.15, -0.1) is 0 Å². The van der Waals surface area contributed by atoms with Crippen molar-refractivity contribution >= 4 is 16.9 Å². The maximum atomic E-state index is 13.1. The Hall–Kier alpha value is -2.69. The molecule has 0 unspecified atom stereocenters. The highest BCUT2D eigenvalue weighted by Gasteiger charge is 2.23. The van der Waals surface area contributed by atoms with Gasteiger partial charge in [0, 0.05) is 11.1 Å². The second kappa shape index (κ2) is 6.90. The first-order chi connectivity index (χ1) is 12.6. The van der Waals surface area contributed by atoms with E-state index in [0.29, 0.717) is 11.3 Å². The molecule has 0 radical (unpaired) electrons. The van der Waals surface area contributed by atoms with Crippen LogP contribution in [-0.2, 0) is 24.2 Å². The highest BCUT2D eigenvalue weighted by atomic mass is 16.5. The number of benzene rings is 1. The van der Waals surface area contributed by atoms with Crippen molar-refractivity contribution in [2.75, 3.05) is 0 Å². The maximum absolute atomic E-state index is 13.1. The minimum Gasteiger partial charge on any atom is -0.457 e. The molecular formula is C21H22N2O3. The third-order valence-corrected chi connectivity index (χ3v) is 5.15. The molecule has 134 valence electrons. The predicted molar refractivity (Wildman–Crippen MR) is 98.1 cm³/mol. The number of carbonyl (C=O) groups excluding carboxylic acids is 1. The summed E-state index contributed by atoms with van der Waals surface area (Å²) in [7, 11) is 0. The summed E-state index contributed by atoms with van der Waals surface area (Å²) in [5.41, 5.74) is 5.24. The Morgan fingerprint density at radius 1 is 1.15 bits per heavy atom. The number of carbonyl (C=O) groups is 1. The van der Waals surface area contributed by atoms with Crippen molar-refractivity contribution < 1.29 is 14.1 Å². The lowest BCUT2D eigenvalue weighted by atomic mass is 9.97.